The first-order valence-corrected chi connectivity index (χ1v) is 8.15. The van der Waals surface area contributed by atoms with Gasteiger partial charge in [-0.05, 0) is 25.3 Å². The second kappa shape index (κ2) is 5.40. The fraction of sp³-hybridized carbons (Fsp3) is 0.400. The number of carbonyl (C=O) groups is 1. The van der Waals surface area contributed by atoms with E-state index in [1.165, 1.54) is 42.4 Å². The molecule has 2 aromatic rings. The van der Waals surface area contributed by atoms with Crippen molar-refractivity contribution in [2.24, 2.45) is 0 Å². The van der Waals surface area contributed by atoms with Crippen LogP contribution < -0.4 is 10.6 Å². The van der Waals surface area contributed by atoms with Crippen LogP contribution in [-0.2, 0) is 0 Å². The Balaban J connectivity index is 1.49. The summed E-state index contributed by atoms with van der Waals surface area (Å²) in [5, 5.41) is 6.89. The van der Waals surface area contributed by atoms with Gasteiger partial charge in [0, 0.05) is 42.3 Å². The molecule has 0 unspecified atom stereocenters. The molecule has 2 aliphatic heterocycles. The number of nitrogens with zero attached hydrogens (tertiary/aromatic N) is 2. The van der Waals surface area contributed by atoms with Gasteiger partial charge in [-0.25, -0.2) is 9.37 Å². The number of halogens is 1. The highest BCUT2D eigenvalue weighted by molar-refractivity contribution is 7.16. The van der Waals surface area contributed by atoms with E-state index in [9.17, 15) is 9.18 Å². The monoisotopic (exact) mass is 318 g/mol. The SMILES string of the molecule is O=C(N[C@@H]1C[C@H]2CC[C@@H]1N2)c1ncc(-c2cnccc2F)s1. The molecule has 3 atom stereocenters. The van der Waals surface area contributed by atoms with E-state index >= 15 is 0 Å². The number of thiazole rings is 1. The lowest BCUT2D eigenvalue weighted by Gasteiger charge is -2.20. The molecule has 22 heavy (non-hydrogen) atoms. The van der Waals surface area contributed by atoms with E-state index in [2.05, 4.69) is 20.6 Å². The molecular formula is C15H15FN4OS. The summed E-state index contributed by atoms with van der Waals surface area (Å²) in [5.41, 5.74) is 0.376. The predicted molar refractivity (Wildman–Crippen MR) is 81.1 cm³/mol. The average Bonchev–Trinajstić information content (AvgIpc) is 3.24. The zero-order valence-corrected chi connectivity index (χ0v) is 12.6. The van der Waals surface area contributed by atoms with Crippen molar-refractivity contribution in [3.8, 4) is 10.4 Å². The molecule has 1 amide bonds. The van der Waals surface area contributed by atoms with E-state index < -0.39 is 0 Å². The minimum Gasteiger partial charge on any atom is -0.346 e. The first kappa shape index (κ1) is 13.8. The van der Waals surface area contributed by atoms with Crippen LogP contribution in [0.1, 0.15) is 29.1 Å². The van der Waals surface area contributed by atoms with E-state index in [-0.39, 0.29) is 17.8 Å². The van der Waals surface area contributed by atoms with Crippen LogP contribution in [0.25, 0.3) is 10.4 Å². The Labute approximate surface area is 131 Å². The molecule has 2 saturated heterocycles. The summed E-state index contributed by atoms with van der Waals surface area (Å²) in [6, 6.07) is 2.39. The summed E-state index contributed by atoms with van der Waals surface area (Å²) in [5.74, 6) is -0.539. The van der Waals surface area contributed by atoms with Crippen LogP contribution in [0.3, 0.4) is 0 Å². The second-order valence-electron chi connectivity index (χ2n) is 5.75. The minimum atomic E-state index is -0.358. The molecule has 2 aliphatic rings. The summed E-state index contributed by atoms with van der Waals surface area (Å²) in [6.07, 6.45) is 7.66. The van der Waals surface area contributed by atoms with Crippen LogP contribution >= 0.6 is 11.3 Å². The highest BCUT2D eigenvalue weighted by atomic mass is 32.1. The molecule has 5 nitrogen and oxygen atoms in total. The fourth-order valence-electron chi connectivity index (χ4n) is 3.28. The van der Waals surface area contributed by atoms with Gasteiger partial charge < -0.3 is 10.6 Å². The molecule has 2 N–H and O–H groups in total. The number of hydrogen-bond acceptors (Lipinski definition) is 5. The quantitative estimate of drug-likeness (QED) is 0.908. The Morgan fingerprint density at radius 1 is 1.41 bits per heavy atom. The van der Waals surface area contributed by atoms with Crippen LogP contribution in [0.15, 0.2) is 24.7 Å². The van der Waals surface area contributed by atoms with Gasteiger partial charge in [-0.3, -0.25) is 9.78 Å². The van der Waals surface area contributed by atoms with Gasteiger partial charge in [-0.15, -0.1) is 11.3 Å². The number of carbonyl (C=O) groups excluding carboxylic acids is 1. The summed E-state index contributed by atoms with van der Waals surface area (Å²) in [6.45, 7) is 0. The van der Waals surface area contributed by atoms with Crippen LogP contribution in [0, 0.1) is 5.82 Å². The Hall–Kier alpha value is -1.86. The maximum atomic E-state index is 13.7. The van der Waals surface area contributed by atoms with Gasteiger partial charge >= 0.3 is 0 Å². The van der Waals surface area contributed by atoms with Gasteiger partial charge in [0.05, 0.1) is 4.88 Å². The summed E-state index contributed by atoms with van der Waals surface area (Å²) >= 11 is 1.19. The first-order chi connectivity index (χ1) is 10.7. The first-order valence-electron chi connectivity index (χ1n) is 7.33. The third-order valence-electron chi connectivity index (χ3n) is 4.35. The van der Waals surface area contributed by atoms with Gasteiger partial charge in [0.15, 0.2) is 5.01 Å². The van der Waals surface area contributed by atoms with Crippen molar-refractivity contribution >= 4 is 17.2 Å². The third kappa shape index (κ3) is 2.40. The summed E-state index contributed by atoms with van der Waals surface area (Å²) in [7, 11) is 0. The fourth-order valence-corrected chi connectivity index (χ4v) is 4.11. The van der Waals surface area contributed by atoms with Crippen molar-refractivity contribution in [1.82, 2.24) is 20.6 Å². The Morgan fingerprint density at radius 2 is 2.32 bits per heavy atom. The van der Waals surface area contributed by atoms with E-state index in [0.29, 0.717) is 27.5 Å². The normalized spacial score (nSPS) is 26.3. The molecule has 0 aromatic carbocycles. The predicted octanol–water partition coefficient (Wildman–Crippen LogP) is 1.97. The number of aromatic nitrogens is 2. The topological polar surface area (TPSA) is 66.9 Å². The summed E-state index contributed by atoms with van der Waals surface area (Å²) < 4.78 is 13.7. The largest absolute Gasteiger partial charge is 0.346 e. The standard InChI is InChI=1S/C15H15FN4OS/c16-10-3-4-17-6-9(10)13-7-18-15(22-13)14(21)20-12-5-8-1-2-11(12)19-8/h3-4,6-8,11-12,19H,1-2,5H2,(H,20,21)/t8-,11+,12-/m1/s1. The number of amides is 1. The zero-order valence-electron chi connectivity index (χ0n) is 11.8. The molecule has 2 aromatic heterocycles. The van der Waals surface area contributed by atoms with E-state index in [4.69, 9.17) is 0 Å². The molecule has 0 spiro atoms. The lowest BCUT2D eigenvalue weighted by molar-refractivity contribution is 0.0930. The lowest BCUT2D eigenvalue weighted by Crippen LogP contribution is -2.42. The molecule has 2 fully saturated rings. The molecule has 0 aliphatic carbocycles. The van der Waals surface area contributed by atoms with Crippen LogP contribution in [0.4, 0.5) is 4.39 Å². The Morgan fingerprint density at radius 3 is 3.05 bits per heavy atom. The molecule has 114 valence electrons. The third-order valence-corrected chi connectivity index (χ3v) is 5.38. The summed E-state index contributed by atoms with van der Waals surface area (Å²) in [4.78, 5) is 21.0. The Bertz CT molecular complexity index is 719. The molecule has 0 saturated carbocycles. The number of hydrogen-bond donors (Lipinski definition) is 2. The van der Waals surface area contributed by atoms with Crippen LogP contribution in [0.5, 0.6) is 0 Å². The van der Waals surface area contributed by atoms with Crippen molar-refractivity contribution in [2.75, 3.05) is 0 Å². The highest BCUT2D eigenvalue weighted by Crippen LogP contribution is 2.30. The molecule has 2 bridgehead atoms. The van der Waals surface area contributed by atoms with Crippen molar-refractivity contribution in [3.63, 3.8) is 0 Å². The van der Waals surface area contributed by atoms with E-state index in [0.717, 1.165) is 12.8 Å². The number of rotatable bonds is 3. The van der Waals surface area contributed by atoms with Gasteiger partial charge in [-0.1, -0.05) is 0 Å². The number of fused-ring (bicyclic) bond motifs is 2. The number of pyridine rings is 1. The van der Waals surface area contributed by atoms with Crippen molar-refractivity contribution in [3.05, 3.63) is 35.5 Å². The molecule has 4 heterocycles. The number of nitrogens with one attached hydrogen (secondary N) is 2. The lowest BCUT2D eigenvalue weighted by atomic mass is 9.95. The van der Waals surface area contributed by atoms with E-state index in [1.807, 2.05) is 0 Å². The maximum Gasteiger partial charge on any atom is 0.280 e. The van der Waals surface area contributed by atoms with Crippen molar-refractivity contribution < 1.29 is 9.18 Å². The highest BCUT2D eigenvalue weighted by Gasteiger charge is 2.39. The molecule has 4 rings (SSSR count). The second-order valence-corrected chi connectivity index (χ2v) is 6.78. The molecular weight excluding hydrogens is 303 g/mol. The van der Waals surface area contributed by atoms with Gasteiger partial charge in [0.1, 0.15) is 5.82 Å². The zero-order chi connectivity index (χ0) is 15.1. The van der Waals surface area contributed by atoms with Gasteiger partial charge in [0.25, 0.3) is 5.91 Å². The van der Waals surface area contributed by atoms with Crippen LogP contribution in [0.2, 0.25) is 0 Å². The van der Waals surface area contributed by atoms with Gasteiger partial charge in [-0.2, -0.15) is 0 Å². The smallest absolute Gasteiger partial charge is 0.280 e. The molecule has 0 radical (unpaired) electrons. The minimum absolute atomic E-state index is 0.175. The Kier molecular flexibility index (Phi) is 3.38. The molecule has 7 heteroatoms. The average molecular weight is 318 g/mol. The van der Waals surface area contributed by atoms with Crippen LogP contribution in [-0.4, -0.2) is 34.0 Å². The van der Waals surface area contributed by atoms with Crippen molar-refractivity contribution in [2.45, 2.75) is 37.4 Å². The van der Waals surface area contributed by atoms with Crippen molar-refractivity contribution in [1.29, 1.82) is 0 Å². The maximum absolute atomic E-state index is 13.7. The van der Waals surface area contributed by atoms with Gasteiger partial charge in [0.2, 0.25) is 0 Å². The van der Waals surface area contributed by atoms with E-state index in [1.54, 1.807) is 0 Å².